The highest BCUT2D eigenvalue weighted by molar-refractivity contribution is 6.01. The highest BCUT2D eigenvalue weighted by Gasteiger charge is 2.41. The molecule has 0 saturated carbocycles. The molecule has 30 heavy (non-hydrogen) atoms. The third kappa shape index (κ3) is 4.57. The lowest BCUT2D eigenvalue weighted by molar-refractivity contribution is -0.124. The van der Waals surface area contributed by atoms with Crippen LogP contribution in [-0.4, -0.2) is 97.2 Å². The van der Waals surface area contributed by atoms with Gasteiger partial charge in [-0.2, -0.15) is 0 Å². The van der Waals surface area contributed by atoms with E-state index in [1.165, 1.54) is 10.5 Å². The summed E-state index contributed by atoms with van der Waals surface area (Å²) < 4.78 is 6.07. The maximum absolute atomic E-state index is 11.7. The van der Waals surface area contributed by atoms with E-state index in [1.54, 1.807) is 0 Å². The zero-order valence-electron chi connectivity index (χ0n) is 17.4. The molecule has 0 spiro atoms. The first-order chi connectivity index (χ1) is 14.7. The van der Waals surface area contributed by atoms with E-state index in [0.717, 1.165) is 45.3 Å². The molecule has 3 fully saturated rings. The molecule has 0 radical (unpaired) electrons. The molecule has 3 aliphatic rings. The Morgan fingerprint density at radius 2 is 2.10 bits per heavy atom. The summed E-state index contributed by atoms with van der Waals surface area (Å²) in [5, 5.41) is 5.88. The fourth-order valence-corrected chi connectivity index (χ4v) is 4.31. The molecule has 3 aliphatic heterocycles. The maximum Gasteiger partial charge on any atom is 0.324 e. The second-order valence-electron chi connectivity index (χ2n) is 7.78. The summed E-state index contributed by atoms with van der Waals surface area (Å²) in [5.74, 6) is 0.611. The molecule has 9 nitrogen and oxygen atoms in total. The number of hydrogen-bond donors (Lipinski definition) is 2. The van der Waals surface area contributed by atoms with Crippen LogP contribution in [0.25, 0.3) is 0 Å². The van der Waals surface area contributed by atoms with Crippen molar-refractivity contribution in [3.63, 3.8) is 0 Å². The molecule has 3 saturated heterocycles. The monoisotopic (exact) mass is 414 g/mol. The number of benzene rings is 1. The van der Waals surface area contributed by atoms with Gasteiger partial charge in [-0.15, -0.1) is 0 Å². The summed E-state index contributed by atoms with van der Waals surface area (Å²) in [6, 6.07) is 10.5. The van der Waals surface area contributed by atoms with Crippen LogP contribution in [0.1, 0.15) is 12.5 Å². The number of carbonyl (C=O) groups excluding carboxylic acids is 2. The molecule has 0 aliphatic carbocycles. The maximum atomic E-state index is 11.7. The van der Waals surface area contributed by atoms with E-state index in [0.29, 0.717) is 12.6 Å². The van der Waals surface area contributed by atoms with Gasteiger partial charge in [0.05, 0.1) is 38.4 Å². The molecule has 162 valence electrons. The van der Waals surface area contributed by atoms with Crippen LogP contribution < -0.4 is 10.6 Å². The van der Waals surface area contributed by atoms with E-state index in [-0.39, 0.29) is 31.1 Å². The van der Waals surface area contributed by atoms with Gasteiger partial charge in [0.25, 0.3) is 0 Å². The molecule has 0 bridgehead atoms. The van der Waals surface area contributed by atoms with Crippen LogP contribution in [0.3, 0.4) is 0 Å². The van der Waals surface area contributed by atoms with Crippen LogP contribution >= 0.6 is 0 Å². The molecule has 2 atom stereocenters. The molecule has 9 heteroatoms. The fraction of sp³-hybridized carbons (Fsp3) is 0.571. The van der Waals surface area contributed by atoms with Crippen molar-refractivity contribution in [1.29, 1.82) is 0 Å². The van der Waals surface area contributed by atoms with E-state index < -0.39 is 0 Å². The highest BCUT2D eigenvalue weighted by Crippen LogP contribution is 2.24. The van der Waals surface area contributed by atoms with E-state index in [2.05, 4.69) is 49.7 Å². The molecular formula is C21H30N6O3. The molecule has 1 aromatic rings. The van der Waals surface area contributed by atoms with Gasteiger partial charge >= 0.3 is 6.03 Å². The number of nitrogens with zero attached hydrogens (tertiary/aromatic N) is 4. The van der Waals surface area contributed by atoms with E-state index in [1.807, 2.05) is 13.0 Å². The number of morpholine rings is 1. The van der Waals surface area contributed by atoms with Crippen LogP contribution in [0.2, 0.25) is 0 Å². The lowest BCUT2D eigenvalue weighted by Gasteiger charge is -2.36. The van der Waals surface area contributed by atoms with Crippen LogP contribution in [0, 0.1) is 0 Å². The van der Waals surface area contributed by atoms with Crippen molar-refractivity contribution in [1.82, 2.24) is 25.3 Å². The Morgan fingerprint density at radius 1 is 1.27 bits per heavy atom. The quantitative estimate of drug-likeness (QED) is 0.390. The summed E-state index contributed by atoms with van der Waals surface area (Å²) in [5.41, 5.74) is 1.31. The average Bonchev–Trinajstić information content (AvgIpc) is 3.33. The second-order valence-corrected chi connectivity index (χ2v) is 7.78. The minimum absolute atomic E-state index is 0.0761. The summed E-state index contributed by atoms with van der Waals surface area (Å²) >= 11 is 0. The van der Waals surface area contributed by atoms with Crippen molar-refractivity contribution in [2.45, 2.75) is 25.6 Å². The van der Waals surface area contributed by atoms with Crippen LogP contribution in [0.5, 0.6) is 0 Å². The first kappa shape index (κ1) is 20.6. The first-order valence-electron chi connectivity index (χ1n) is 10.7. The van der Waals surface area contributed by atoms with Gasteiger partial charge in [-0.25, -0.2) is 4.79 Å². The molecule has 2 unspecified atom stereocenters. The number of amides is 3. The number of nitrogens with one attached hydrogen (secondary N) is 2. The summed E-state index contributed by atoms with van der Waals surface area (Å²) in [6.07, 6.45) is 0.150. The van der Waals surface area contributed by atoms with Gasteiger partial charge in [-0.1, -0.05) is 30.3 Å². The van der Waals surface area contributed by atoms with Gasteiger partial charge in [-0.3, -0.25) is 19.6 Å². The van der Waals surface area contributed by atoms with Gasteiger partial charge in [0.2, 0.25) is 5.91 Å². The Balaban J connectivity index is 1.39. The number of imide groups is 1. The summed E-state index contributed by atoms with van der Waals surface area (Å²) in [4.78, 5) is 34.1. The van der Waals surface area contributed by atoms with Crippen molar-refractivity contribution in [3.05, 3.63) is 35.9 Å². The first-order valence-corrected chi connectivity index (χ1v) is 10.7. The molecular weight excluding hydrogens is 384 g/mol. The number of aliphatic imine (C=N–C) groups is 1. The van der Waals surface area contributed by atoms with E-state index in [4.69, 9.17) is 4.74 Å². The molecule has 0 aromatic heterocycles. The minimum Gasteiger partial charge on any atom is -0.373 e. The SMILES string of the molecule is CCNC(=NCCN1C(=O)CNC1=O)N1CC2OCCN(Cc3ccccc3)C2C1. The van der Waals surface area contributed by atoms with Crippen LogP contribution in [0.15, 0.2) is 35.3 Å². The van der Waals surface area contributed by atoms with Crippen molar-refractivity contribution in [3.8, 4) is 0 Å². The lowest BCUT2D eigenvalue weighted by Crippen LogP contribution is -2.50. The summed E-state index contributed by atoms with van der Waals surface area (Å²) in [7, 11) is 0. The van der Waals surface area contributed by atoms with Gasteiger partial charge in [0.1, 0.15) is 0 Å². The Bertz CT molecular complexity index is 770. The number of carbonyl (C=O) groups is 2. The van der Waals surface area contributed by atoms with Crippen LogP contribution in [-0.2, 0) is 16.1 Å². The highest BCUT2D eigenvalue weighted by atomic mass is 16.5. The van der Waals surface area contributed by atoms with Gasteiger partial charge in [0.15, 0.2) is 5.96 Å². The molecule has 1 aromatic carbocycles. The fourth-order valence-electron chi connectivity index (χ4n) is 4.31. The number of likely N-dealkylation sites (tertiary alicyclic amines) is 1. The zero-order valence-corrected chi connectivity index (χ0v) is 17.4. The van der Waals surface area contributed by atoms with Crippen molar-refractivity contribution in [2.24, 2.45) is 4.99 Å². The Kier molecular flexibility index (Phi) is 6.49. The van der Waals surface area contributed by atoms with Gasteiger partial charge in [0, 0.05) is 32.7 Å². The Labute approximate surface area is 177 Å². The minimum atomic E-state index is -0.336. The van der Waals surface area contributed by atoms with E-state index in [9.17, 15) is 9.59 Å². The van der Waals surface area contributed by atoms with Crippen molar-refractivity contribution >= 4 is 17.9 Å². The molecule has 2 N–H and O–H groups in total. The predicted octanol–water partition coefficient (Wildman–Crippen LogP) is 0.0889. The largest absolute Gasteiger partial charge is 0.373 e. The second kappa shape index (κ2) is 9.44. The standard InChI is InChI=1S/C21H30N6O3/c1-2-22-20(23-8-9-27-19(28)12-24-21(27)29)26-14-17-18(15-26)30-11-10-25(17)13-16-6-4-3-5-7-16/h3-7,17-18H,2,8-15H2,1H3,(H,22,23)(H,24,29). The third-order valence-electron chi connectivity index (χ3n) is 5.80. The van der Waals surface area contributed by atoms with Crippen molar-refractivity contribution < 1.29 is 14.3 Å². The average molecular weight is 415 g/mol. The Morgan fingerprint density at radius 3 is 2.83 bits per heavy atom. The smallest absolute Gasteiger partial charge is 0.324 e. The van der Waals surface area contributed by atoms with Gasteiger partial charge in [-0.05, 0) is 12.5 Å². The molecule has 3 amide bonds. The van der Waals surface area contributed by atoms with Gasteiger partial charge < -0.3 is 20.3 Å². The number of fused-ring (bicyclic) bond motifs is 1. The molecule has 4 rings (SSSR count). The Hall–Kier alpha value is -2.65. The third-order valence-corrected chi connectivity index (χ3v) is 5.80. The predicted molar refractivity (Wildman–Crippen MR) is 113 cm³/mol. The molecule has 3 heterocycles. The number of hydrogen-bond acceptors (Lipinski definition) is 5. The van der Waals surface area contributed by atoms with Crippen molar-refractivity contribution in [2.75, 3.05) is 52.4 Å². The topological polar surface area (TPSA) is 89.5 Å². The normalized spacial score (nSPS) is 24.9. The summed E-state index contributed by atoms with van der Waals surface area (Å²) in [6.45, 7) is 7.73. The van der Waals surface area contributed by atoms with E-state index >= 15 is 0 Å². The lowest BCUT2D eigenvalue weighted by atomic mass is 10.1. The number of rotatable bonds is 6. The number of ether oxygens (including phenoxy) is 1. The zero-order chi connectivity index (χ0) is 20.9. The number of guanidine groups is 1. The number of urea groups is 1. The van der Waals surface area contributed by atoms with Crippen LogP contribution in [0.4, 0.5) is 4.79 Å².